The topological polar surface area (TPSA) is 0 Å². The molecule has 0 heterocycles. The number of hydrogen-bond donors (Lipinski definition) is 0. The lowest BCUT2D eigenvalue weighted by Crippen LogP contribution is -2.16. The van der Waals surface area contributed by atoms with Gasteiger partial charge in [0.25, 0.3) is 0 Å². The number of fused-ring (bicyclic) bond motifs is 2. The first-order valence-electron chi connectivity index (χ1n) is 5.27. The van der Waals surface area contributed by atoms with Crippen LogP contribution in [-0.2, 0) is 0 Å². The van der Waals surface area contributed by atoms with Gasteiger partial charge < -0.3 is 0 Å². The molecule has 0 saturated heterocycles. The van der Waals surface area contributed by atoms with E-state index >= 15 is 0 Å². The van der Waals surface area contributed by atoms with E-state index in [0.717, 1.165) is 11.8 Å². The minimum absolute atomic E-state index is 0.432. The van der Waals surface area contributed by atoms with E-state index in [1.165, 1.54) is 25.7 Å². The van der Waals surface area contributed by atoms with Gasteiger partial charge in [0.2, 0.25) is 0 Å². The molecule has 1 fully saturated rings. The quantitative estimate of drug-likeness (QED) is 0.478. The Balaban J connectivity index is 2.18. The van der Waals surface area contributed by atoms with Gasteiger partial charge in [0.05, 0.1) is 0 Å². The Morgan fingerprint density at radius 2 is 2.00 bits per heavy atom. The Hall–Kier alpha value is -0.260. The van der Waals surface area contributed by atoms with E-state index in [4.69, 9.17) is 0 Å². The molecule has 0 aromatic carbocycles. The standard InChI is InChI=1S/C12H20/c1-12(2,3)11-7-9-4-5-10(6-9)8-11/h7,9-10H,4-6,8H2,1-3H3. The van der Waals surface area contributed by atoms with E-state index in [1.807, 2.05) is 0 Å². The van der Waals surface area contributed by atoms with Crippen LogP contribution in [0.5, 0.6) is 0 Å². The van der Waals surface area contributed by atoms with Gasteiger partial charge in [-0.25, -0.2) is 0 Å². The van der Waals surface area contributed by atoms with Crippen molar-refractivity contribution in [1.29, 1.82) is 0 Å². The summed E-state index contributed by atoms with van der Waals surface area (Å²) >= 11 is 0. The summed E-state index contributed by atoms with van der Waals surface area (Å²) in [5.74, 6) is 1.98. The highest BCUT2D eigenvalue weighted by atomic mass is 14.4. The van der Waals surface area contributed by atoms with Crippen molar-refractivity contribution in [3.63, 3.8) is 0 Å². The van der Waals surface area contributed by atoms with Crippen LogP contribution < -0.4 is 0 Å². The lowest BCUT2D eigenvalue weighted by molar-refractivity contribution is 0.404. The van der Waals surface area contributed by atoms with Gasteiger partial charge in [-0.1, -0.05) is 32.4 Å². The van der Waals surface area contributed by atoms with Crippen LogP contribution in [0.25, 0.3) is 0 Å². The summed E-state index contributed by atoms with van der Waals surface area (Å²) in [6, 6.07) is 0. The lowest BCUT2D eigenvalue weighted by Gasteiger charge is -2.29. The molecule has 2 atom stereocenters. The van der Waals surface area contributed by atoms with Crippen LogP contribution >= 0.6 is 0 Å². The first kappa shape index (κ1) is 8.34. The average Bonchev–Trinajstić information content (AvgIpc) is 2.28. The molecule has 0 radical (unpaired) electrons. The second-order valence-corrected chi connectivity index (χ2v) is 5.59. The summed E-state index contributed by atoms with van der Waals surface area (Å²) < 4.78 is 0. The summed E-state index contributed by atoms with van der Waals surface area (Å²) in [5, 5.41) is 0. The molecule has 2 bridgehead atoms. The van der Waals surface area contributed by atoms with E-state index in [9.17, 15) is 0 Å². The van der Waals surface area contributed by atoms with Crippen molar-refractivity contribution in [2.75, 3.05) is 0 Å². The largest absolute Gasteiger partial charge is 0.0817 e. The Morgan fingerprint density at radius 1 is 1.25 bits per heavy atom. The highest BCUT2D eigenvalue weighted by molar-refractivity contribution is 5.18. The van der Waals surface area contributed by atoms with E-state index in [-0.39, 0.29) is 0 Å². The fourth-order valence-corrected chi connectivity index (χ4v) is 2.67. The van der Waals surface area contributed by atoms with E-state index in [1.54, 1.807) is 5.57 Å². The summed E-state index contributed by atoms with van der Waals surface area (Å²) in [4.78, 5) is 0. The van der Waals surface area contributed by atoms with Crippen LogP contribution in [0, 0.1) is 17.3 Å². The summed E-state index contributed by atoms with van der Waals surface area (Å²) in [6.07, 6.45) is 8.40. The number of allylic oxidation sites excluding steroid dienone is 2. The fourth-order valence-electron chi connectivity index (χ4n) is 2.67. The van der Waals surface area contributed by atoms with Gasteiger partial charge in [-0.3, -0.25) is 0 Å². The zero-order valence-corrected chi connectivity index (χ0v) is 8.56. The molecule has 2 aliphatic rings. The minimum atomic E-state index is 0.432. The van der Waals surface area contributed by atoms with Crippen molar-refractivity contribution in [2.24, 2.45) is 17.3 Å². The first-order valence-corrected chi connectivity index (χ1v) is 5.27. The summed E-state index contributed by atoms with van der Waals surface area (Å²) in [5.41, 5.74) is 2.16. The van der Waals surface area contributed by atoms with E-state index in [2.05, 4.69) is 26.8 Å². The third-order valence-electron chi connectivity index (χ3n) is 3.49. The van der Waals surface area contributed by atoms with Crippen LogP contribution in [0.2, 0.25) is 0 Å². The van der Waals surface area contributed by atoms with Crippen molar-refractivity contribution in [1.82, 2.24) is 0 Å². The number of hydrogen-bond acceptors (Lipinski definition) is 0. The van der Waals surface area contributed by atoms with E-state index in [0.29, 0.717) is 5.41 Å². The van der Waals surface area contributed by atoms with Gasteiger partial charge in [0.15, 0.2) is 0 Å². The van der Waals surface area contributed by atoms with Gasteiger partial charge in [0.1, 0.15) is 0 Å². The normalized spacial score (nSPS) is 35.1. The maximum absolute atomic E-state index is 2.57. The van der Waals surface area contributed by atoms with Crippen LogP contribution in [0.4, 0.5) is 0 Å². The molecule has 0 nitrogen and oxygen atoms in total. The molecular weight excluding hydrogens is 144 g/mol. The van der Waals surface area contributed by atoms with Crippen molar-refractivity contribution in [3.8, 4) is 0 Å². The number of rotatable bonds is 0. The van der Waals surface area contributed by atoms with Gasteiger partial charge in [-0.05, 0) is 42.9 Å². The van der Waals surface area contributed by atoms with Crippen LogP contribution in [0.1, 0.15) is 46.5 Å². The Morgan fingerprint density at radius 3 is 2.58 bits per heavy atom. The SMILES string of the molecule is CC(C)(C)C1=CC2CCC(C1)C2. The van der Waals surface area contributed by atoms with Crippen molar-refractivity contribution >= 4 is 0 Å². The van der Waals surface area contributed by atoms with Gasteiger partial charge in [0, 0.05) is 0 Å². The average molecular weight is 164 g/mol. The summed E-state index contributed by atoms with van der Waals surface area (Å²) in [6.45, 7) is 7.05. The minimum Gasteiger partial charge on any atom is -0.0817 e. The van der Waals surface area contributed by atoms with Crippen LogP contribution in [0.3, 0.4) is 0 Å². The van der Waals surface area contributed by atoms with Gasteiger partial charge in [-0.2, -0.15) is 0 Å². The Bertz CT molecular complexity index is 205. The monoisotopic (exact) mass is 164 g/mol. The van der Waals surface area contributed by atoms with E-state index < -0.39 is 0 Å². The smallest absolute Gasteiger partial charge is 0.0173 e. The molecule has 0 aromatic rings. The third kappa shape index (κ3) is 1.44. The highest BCUT2D eigenvalue weighted by Crippen LogP contribution is 2.45. The van der Waals surface area contributed by atoms with Crippen LogP contribution in [0.15, 0.2) is 11.6 Å². The first-order chi connectivity index (χ1) is 5.55. The van der Waals surface area contributed by atoms with Gasteiger partial charge in [-0.15, -0.1) is 0 Å². The second-order valence-electron chi connectivity index (χ2n) is 5.59. The maximum Gasteiger partial charge on any atom is -0.0173 e. The molecule has 0 spiro atoms. The van der Waals surface area contributed by atoms with Crippen molar-refractivity contribution in [3.05, 3.63) is 11.6 Å². The predicted octanol–water partition coefficient (Wildman–Crippen LogP) is 3.78. The highest BCUT2D eigenvalue weighted by Gasteiger charge is 2.32. The molecule has 0 heteroatoms. The molecule has 2 unspecified atom stereocenters. The molecule has 0 amide bonds. The molecule has 0 N–H and O–H groups in total. The Labute approximate surface area is 76.1 Å². The molecular formula is C12H20. The molecule has 1 saturated carbocycles. The summed E-state index contributed by atoms with van der Waals surface area (Å²) in [7, 11) is 0. The third-order valence-corrected chi connectivity index (χ3v) is 3.49. The zero-order chi connectivity index (χ0) is 8.77. The maximum atomic E-state index is 2.57. The fraction of sp³-hybridized carbons (Fsp3) is 0.833. The Kier molecular flexibility index (Phi) is 1.82. The van der Waals surface area contributed by atoms with Gasteiger partial charge >= 0.3 is 0 Å². The molecule has 0 aromatic heterocycles. The lowest BCUT2D eigenvalue weighted by atomic mass is 9.76. The van der Waals surface area contributed by atoms with Crippen molar-refractivity contribution < 1.29 is 0 Å². The molecule has 2 rings (SSSR count). The second kappa shape index (κ2) is 2.61. The molecule has 2 aliphatic carbocycles. The zero-order valence-electron chi connectivity index (χ0n) is 8.56. The molecule has 68 valence electrons. The van der Waals surface area contributed by atoms with Crippen LogP contribution in [-0.4, -0.2) is 0 Å². The predicted molar refractivity (Wildman–Crippen MR) is 53.0 cm³/mol. The van der Waals surface area contributed by atoms with Crippen molar-refractivity contribution in [2.45, 2.75) is 46.5 Å². The molecule has 12 heavy (non-hydrogen) atoms. The molecule has 0 aliphatic heterocycles.